The van der Waals surface area contributed by atoms with Crippen molar-refractivity contribution >= 4 is 17.7 Å². The Morgan fingerprint density at radius 3 is 2.66 bits per heavy atom. The summed E-state index contributed by atoms with van der Waals surface area (Å²) in [6.45, 7) is 12.4. The molecule has 1 amide bonds. The Kier molecular flexibility index (Phi) is 11.1. The monoisotopic (exact) mass is 560 g/mol. The zero-order valence-corrected chi connectivity index (χ0v) is 24.4. The number of carbonyl (C=O) groups excluding carboxylic acids is 1. The Hall–Kier alpha value is -3.54. The van der Waals surface area contributed by atoms with E-state index in [1.54, 1.807) is 11.0 Å². The molecule has 218 valence electrons. The second-order valence-electron chi connectivity index (χ2n) is 11.1. The molecule has 2 aliphatic carbocycles. The molecule has 4 rings (SSSR count). The van der Waals surface area contributed by atoms with Crippen LogP contribution in [-0.2, 0) is 17.9 Å². The van der Waals surface area contributed by atoms with Crippen molar-refractivity contribution in [2.45, 2.75) is 77.9 Å². The van der Waals surface area contributed by atoms with Crippen molar-refractivity contribution in [2.24, 2.45) is 0 Å². The molecule has 0 spiro atoms. The van der Waals surface area contributed by atoms with Gasteiger partial charge in [-0.3, -0.25) is 4.79 Å². The van der Waals surface area contributed by atoms with Crippen LogP contribution in [0.2, 0.25) is 0 Å². The van der Waals surface area contributed by atoms with Gasteiger partial charge in [0.1, 0.15) is 11.2 Å². The van der Waals surface area contributed by atoms with Crippen LogP contribution in [0.3, 0.4) is 0 Å². The Bertz CT molecular complexity index is 1430. The lowest BCUT2D eigenvalue weighted by Gasteiger charge is -2.26. The SMILES string of the molecule is C=C(CCN1CCCCCC1)Cn1c(CN(C(=O)/C=C/C2=C(F)C(F)=CCC=C2)C(C)C)n/c2c1=C=C/C=C\C\C=2. The quantitative estimate of drug-likeness (QED) is 0.272. The molecule has 1 aromatic heterocycles. The number of amides is 1. The largest absolute Gasteiger partial charge is 0.329 e. The summed E-state index contributed by atoms with van der Waals surface area (Å²) >= 11 is 0. The summed E-state index contributed by atoms with van der Waals surface area (Å²) in [6.07, 6.45) is 22.1. The molecule has 0 saturated carbocycles. The van der Waals surface area contributed by atoms with Gasteiger partial charge in [-0.1, -0.05) is 61.1 Å². The number of fused-ring (bicyclic) bond motifs is 1. The minimum atomic E-state index is -0.959. The van der Waals surface area contributed by atoms with E-state index >= 15 is 0 Å². The molecule has 1 fully saturated rings. The number of likely N-dealkylation sites (tertiary alicyclic amines) is 1. The molecule has 0 atom stereocenters. The molecule has 7 heteroatoms. The predicted molar refractivity (Wildman–Crippen MR) is 162 cm³/mol. The van der Waals surface area contributed by atoms with E-state index in [4.69, 9.17) is 4.98 Å². The molecular weight excluding hydrogens is 518 g/mol. The van der Waals surface area contributed by atoms with E-state index in [9.17, 15) is 13.6 Å². The number of nitrogens with zero attached hydrogens (tertiary/aromatic N) is 4. The van der Waals surface area contributed by atoms with Crippen LogP contribution in [-0.4, -0.2) is 50.9 Å². The first kappa shape index (κ1) is 30.4. The minimum Gasteiger partial charge on any atom is -0.329 e. The first-order chi connectivity index (χ1) is 19.8. The molecule has 1 saturated heterocycles. The van der Waals surface area contributed by atoms with Gasteiger partial charge in [0.2, 0.25) is 5.91 Å². The maximum Gasteiger partial charge on any atom is 0.247 e. The Morgan fingerprint density at radius 1 is 1.15 bits per heavy atom. The first-order valence-corrected chi connectivity index (χ1v) is 14.8. The number of halogens is 2. The summed E-state index contributed by atoms with van der Waals surface area (Å²) < 4.78 is 30.4. The molecule has 1 aromatic rings. The molecule has 5 nitrogen and oxygen atoms in total. The van der Waals surface area contributed by atoms with Crippen LogP contribution in [0.5, 0.6) is 0 Å². The van der Waals surface area contributed by atoms with Crippen molar-refractivity contribution < 1.29 is 13.6 Å². The molecule has 3 aliphatic rings. The van der Waals surface area contributed by atoms with Crippen LogP contribution in [0.4, 0.5) is 8.78 Å². The van der Waals surface area contributed by atoms with E-state index in [2.05, 4.69) is 33.9 Å². The van der Waals surface area contributed by atoms with Gasteiger partial charge in [-0.2, -0.15) is 0 Å². The third-order valence-corrected chi connectivity index (χ3v) is 7.65. The summed E-state index contributed by atoms with van der Waals surface area (Å²) in [5, 5.41) is 1.72. The smallest absolute Gasteiger partial charge is 0.247 e. The Labute approximate surface area is 242 Å². The minimum absolute atomic E-state index is 0.0420. The highest BCUT2D eigenvalue weighted by Gasteiger charge is 2.20. The summed E-state index contributed by atoms with van der Waals surface area (Å²) in [6, 6.07) is -0.142. The highest BCUT2D eigenvalue weighted by atomic mass is 19.2. The first-order valence-electron chi connectivity index (χ1n) is 14.8. The fourth-order valence-corrected chi connectivity index (χ4v) is 5.26. The van der Waals surface area contributed by atoms with Gasteiger partial charge in [-0.25, -0.2) is 13.8 Å². The number of rotatable bonds is 10. The highest BCUT2D eigenvalue weighted by molar-refractivity contribution is 5.88. The van der Waals surface area contributed by atoms with Crippen molar-refractivity contribution in [1.82, 2.24) is 19.4 Å². The lowest BCUT2D eigenvalue weighted by Crippen LogP contribution is -2.37. The maximum absolute atomic E-state index is 14.4. The van der Waals surface area contributed by atoms with Gasteiger partial charge < -0.3 is 14.4 Å². The van der Waals surface area contributed by atoms with Crippen molar-refractivity contribution in [3.63, 3.8) is 0 Å². The van der Waals surface area contributed by atoms with Crippen molar-refractivity contribution in [3.05, 3.63) is 94.5 Å². The Morgan fingerprint density at radius 2 is 1.90 bits per heavy atom. The highest BCUT2D eigenvalue weighted by Crippen LogP contribution is 2.23. The van der Waals surface area contributed by atoms with Gasteiger partial charge >= 0.3 is 0 Å². The molecule has 0 bridgehead atoms. The molecule has 1 aliphatic heterocycles. The van der Waals surface area contributed by atoms with E-state index in [0.717, 1.165) is 54.6 Å². The standard InChI is InChI=1S/C34H42F2N4O/c1-26(2)39(33(41)19-18-28-14-10-11-15-29(35)34(28)36)25-32-37-30-16-8-4-5-9-17-31(30)40(32)24-27(3)20-23-38-21-12-6-7-13-22-38/h4-5,9-10,14-16,18-19,26H,3,6-8,11-13,20-25H2,1-2H3/b5-4-,19-18+,30-16+. The van der Waals surface area contributed by atoms with Crippen LogP contribution < -0.4 is 10.7 Å². The van der Waals surface area contributed by atoms with Crippen molar-refractivity contribution in [1.29, 1.82) is 0 Å². The van der Waals surface area contributed by atoms with Gasteiger partial charge in [0, 0.05) is 30.8 Å². The summed E-state index contributed by atoms with van der Waals surface area (Å²) in [7, 11) is 0. The van der Waals surface area contributed by atoms with Crippen molar-refractivity contribution in [2.75, 3.05) is 19.6 Å². The number of aromatic nitrogens is 2. The van der Waals surface area contributed by atoms with Crippen LogP contribution >= 0.6 is 0 Å². The summed E-state index contributed by atoms with van der Waals surface area (Å²) in [5.74, 6) is -1.42. The van der Waals surface area contributed by atoms with E-state index in [-0.39, 0.29) is 24.1 Å². The van der Waals surface area contributed by atoms with Gasteiger partial charge in [0.05, 0.1) is 11.9 Å². The van der Waals surface area contributed by atoms with Crippen molar-refractivity contribution in [3.8, 4) is 0 Å². The van der Waals surface area contributed by atoms with Gasteiger partial charge in [-0.15, -0.1) is 0 Å². The third-order valence-electron chi connectivity index (χ3n) is 7.65. The molecule has 0 radical (unpaired) electrons. The second-order valence-corrected chi connectivity index (χ2v) is 11.1. The second kappa shape index (κ2) is 14.9. The van der Waals surface area contributed by atoms with Gasteiger partial charge in [0.15, 0.2) is 11.7 Å². The number of hydrogen-bond donors (Lipinski definition) is 0. The van der Waals surface area contributed by atoms with Crippen LogP contribution in [0.25, 0.3) is 11.8 Å². The van der Waals surface area contributed by atoms with Crippen LogP contribution in [0, 0.1) is 0 Å². The number of allylic oxidation sites excluding steroid dienone is 10. The number of carbonyl (C=O) groups is 1. The van der Waals surface area contributed by atoms with Gasteiger partial charge in [-0.05, 0) is 77.3 Å². The number of imidazole rings is 1. The fourth-order valence-electron chi connectivity index (χ4n) is 5.26. The zero-order chi connectivity index (χ0) is 29.2. The zero-order valence-electron chi connectivity index (χ0n) is 24.4. The molecule has 0 aromatic carbocycles. The average molecular weight is 561 g/mol. The van der Waals surface area contributed by atoms with Crippen LogP contribution in [0.1, 0.15) is 64.6 Å². The molecule has 0 unspecified atom stereocenters. The summed E-state index contributed by atoms with van der Waals surface area (Å²) in [5.41, 5.74) is 4.53. The fraction of sp³-hybridized carbons (Fsp3) is 0.441. The van der Waals surface area contributed by atoms with E-state index in [0.29, 0.717) is 13.0 Å². The van der Waals surface area contributed by atoms with E-state index in [1.807, 2.05) is 26.0 Å². The Balaban J connectivity index is 1.58. The molecule has 41 heavy (non-hydrogen) atoms. The van der Waals surface area contributed by atoms with Crippen LogP contribution in [0.15, 0.2) is 78.0 Å². The topological polar surface area (TPSA) is 41.4 Å². The molecule has 2 heterocycles. The van der Waals surface area contributed by atoms with E-state index in [1.165, 1.54) is 50.0 Å². The third kappa shape index (κ3) is 8.48. The normalized spacial score (nSPS) is 19.4. The maximum atomic E-state index is 14.4. The predicted octanol–water partition coefficient (Wildman–Crippen LogP) is 5.71. The summed E-state index contributed by atoms with van der Waals surface area (Å²) in [4.78, 5) is 22.5. The average Bonchev–Trinajstić information content (AvgIpc) is 3.10. The molecule has 0 N–H and O–H groups in total. The number of hydrogen-bond acceptors (Lipinski definition) is 3. The lowest BCUT2D eigenvalue weighted by molar-refractivity contribution is -0.128. The lowest BCUT2D eigenvalue weighted by atomic mass is 10.2. The van der Waals surface area contributed by atoms with Gasteiger partial charge in [0.25, 0.3) is 0 Å². The van der Waals surface area contributed by atoms with E-state index < -0.39 is 11.7 Å². The molecular formula is C34H42F2N4O.